The molecule has 0 saturated carbocycles. The lowest BCUT2D eigenvalue weighted by atomic mass is 10.0. The molecule has 0 heterocycles. The van der Waals surface area contributed by atoms with Crippen LogP contribution < -0.4 is 14.4 Å². The largest absolute Gasteiger partial charge is 0.494 e. The Morgan fingerprint density at radius 3 is 2.12 bits per heavy atom. The SMILES string of the molecule is CCOc1ccc(N(CC(=O)N(Cc2ccccc2C)C(CC)C(=O)NC(C)(C)C)S(=O)(=O)c2ccc(Br)cc2)cc1. The van der Waals surface area contributed by atoms with Gasteiger partial charge in [0.15, 0.2) is 0 Å². The van der Waals surface area contributed by atoms with Crippen molar-refractivity contribution in [1.29, 1.82) is 0 Å². The molecule has 3 aromatic rings. The smallest absolute Gasteiger partial charge is 0.264 e. The van der Waals surface area contributed by atoms with Crippen molar-refractivity contribution < 1.29 is 22.7 Å². The Labute approximate surface area is 258 Å². The fourth-order valence-electron chi connectivity index (χ4n) is 4.48. The van der Waals surface area contributed by atoms with Gasteiger partial charge in [0.2, 0.25) is 11.8 Å². The maximum absolute atomic E-state index is 14.2. The van der Waals surface area contributed by atoms with Crippen molar-refractivity contribution in [2.75, 3.05) is 17.5 Å². The lowest BCUT2D eigenvalue weighted by molar-refractivity contribution is -0.141. The molecule has 0 aromatic heterocycles. The van der Waals surface area contributed by atoms with Gasteiger partial charge in [-0.2, -0.15) is 0 Å². The Hall–Kier alpha value is -3.37. The molecule has 2 amide bonds. The fourth-order valence-corrected chi connectivity index (χ4v) is 6.16. The predicted molar refractivity (Wildman–Crippen MR) is 170 cm³/mol. The van der Waals surface area contributed by atoms with E-state index in [0.717, 1.165) is 19.9 Å². The number of carbonyl (C=O) groups is 2. The van der Waals surface area contributed by atoms with Crippen LogP contribution in [0.3, 0.4) is 0 Å². The lowest BCUT2D eigenvalue weighted by Gasteiger charge is -2.35. The summed E-state index contributed by atoms with van der Waals surface area (Å²) in [5.41, 5.74) is 1.63. The summed E-state index contributed by atoms with van der Waals surface area (Å²) < 4.78 is 35.4. The first-order chi connectivity index (χ1) is 19.8. The predicted octanol–water partition coefficient (Wildman–Crippen LogP) is 6.07. The fraction of sp³-hybridized carbons (Fsp3) is 0.375. The van der Waals surface area contributed by atoms with Crippen LogP contribution >= 0.6 is 15.9 Å². The van der Waals surface area contributed by atoms with Gasteiger partial charge < -0.3 is 15.0 Å². The van der Waals surface area contributed by atoms with Crippen molar-refractivity contribution in [3.63, 3.8) is 0 Å². The molecular weight excluding hydrogens is 618 g/mol. The second kappa shape index (κ2) is 14.2. The molecule has 0 fully saturated rings. The molecule has 10 heteroatoms. The number of benzene rings is 3. The van der Waals surface area contributed by atoms with Crippen LogP contribution in [0.1, 0.15) is 52.2 Å². The first-order valence-corrected chi connectivity index (χ1v) is 16.2. The van der Waals surface area contributed by atoms with Gasteiger partial charge in [-0.25, -0.2) is 8.42 Å². The number of anilines is 1. The van der Waals surface area contributed by atoms with Gasteiger partial charge in [0, 0.05) is 16.6 Å². The maximum Gasteiger partial charge on any atom is 0.264 e. The quantitative estimate of drug-likeness (QED) is 0.255. The van der Waals surface area contributed by atoms with Crippen molar-refractivity contribution in [2.24, 2.45) is 0 Å². The van der Waals surface area contributed by atoms with Gasteiger partial charge in [-0.3, -0.25) is 13.9 Å². The minimum absolute atomic E-state index is 0.0374. The van der Waals surface area contributed by atoms with Crippen molar-refractivity contribution >= 4 is 43.5 Å². The van der Waals surface area contributed by atoms with E-state index in [0.29, 0.717) is 24.5 Å². The molecule has 3 rings (SSSR count). The monoisotopic (exact) mass is 657 g/mol. The highest BCUT2D eigenvalue weighted by Gasteiger charge is 2.34. The zero-order chi connectivity index (χ0) is 31.1. The lowest BCUT2D eigenvalue weighted by Crippen LogP contribution is -2.55. The molecule has 0 aliphatic heterocycles. The van der Waals surface area contributed by atoms with Crippen molar-refractivity contribution in [3.05, 3.63) is 88.4 Å². The van der Waals surface area contributed by atoms with E-state index in [2.05, 4.69) is 21.2 Å². The Bertz CT molecular complexity index is 1470. The number of rotatable bonds is 12. The summed E-state index contributed by atoms with van der Waals surface area (Å²) in [6.07, 6.45) is 0.349. The third kappa shape index (κ3) is 8.58. The van der Waals surface area contributed by atoms with Crippen LogP contribution in [0.25, 0.3) is 0 Å². The van der Waals surface area contributed by atoms with Crippen LogP contribution in [-0.2, 0) is 26.2 Å². The number of amides is 2. The first kappa shape index (κ1) is 33.1. The highest BCUT2D eigenvalue weighted by molar-refractivity contribution is 9.10. The molecule has 1 N–H and O–H groups in total. The van der Waals surface area contributed by atoms with Gasteiger partial charge in [0.1, 0.15) is 18.3 Å². The van der Waals surface area contributed by atoms with Gasteiger partial charge >= 0.3 is 0 Å². The molecule has 226 valence electrons. The summed E-state index contributed by atoms with van der Waals surface area (Å²) in [4.78, 5) is 29.2. The normalized spacial score (nSPS) is 12.4. The molecule has 3 aromatic carbocycles. The average molecular weight is 659 g/mol. The van der Waals surface area contributed by atoms with E-state index >= 15 is 0 Å². The molecule has 0 aliphatic rings. The van der Waals surface area contributed by atoms with Crippen LogP contribution in [-0.4, -0.2) is 49.9 Å². The van der Waals surface area contributed by atoms with Gasteiger partial charge in [0.25, 0.3) is 10.0 Å². The summed E-state index contributed by atoms with van der Waals surface area (Å²) in [6.45, 7) is 11.4. The van der Waals surface area contributed by atoms with E-state index < -0.39 is 34.1 Å². The number of carbonyl (C=O) groups excluding carboxylic acids is 2. The topological polar surface area (TPSA) is 96.0 Å². The van der Waals surface area contributed by atoms with Gasteiger partial charge in [-0.15, -0.1) is 0 Å². The Kier molecular flexibility index (Phi) is 11.2. The number of nitrogens with one attached hydrogen (secondary N) is 1. The molecule has 0 aliphatic carbocycles. The zero-order valence-corrected chi connectivity index (χ0v) is 27.5. The second-order valence-corrected chi connectivity index (χ2v) is 13.8. The third-order valence-corrected chi connectivity index (χ3v) is 8.92. The standard InChI is InChI=1S/C32H40BrN3O5S/c1-7-29(31(38)34-32(4,5)6)35(21-24-12-10-9-11-23(24)3)30(37)22-36(26-15-17-27(18-16-26)41-8-2)42(39,40)28-19-13-25(33)14-20-28/h9-20,29H,7-8,21-22H2,1-6H3,(H,34,38). The molecular formula is C32H40BrN3O5S. The number of sulfonamides is 1. The zero-order valence-electron chi connectivity index (χ0n) is 25.1. The number of hydrogen-bond donors (Lipinski definition) is 1. The van der Waals surface area contributed by atoms with E-state index in [1.807, 2.05) is 65.8 Å². The number of hydrogen-bond acceptors (Lipinski definition) is 5. The number of aryl methyl sites for hydroxylation is 1. The van der Waals surface area contributed by atoms with E-state index in [4.69, 9.17) is 4.74 Å². The summed E-state index contributed by atoms with van der Waals surface area (Å²) >= 11 is 3.35. The van der Waals surface area contributed by atoms with Gasteiger partial charge in [0.05, 0.1) is 17.2 Å². The van der Waals surface area contributed by atoms with E-state index in [1.165, 1.54) is 17.0 Å². The molecule has 0 bridgehead atoms. The Balaban J connectivity index is 2.08. The second-order valence-electron chi connectivity index (χ2n) is 11.0. The highest BCUT2D eigenvalue weighted by atomic mass is 79.9. The average Bonchev–Trinajstić information content (AvgIpc) is 2.92. The maximum atomic E-state index is 14.2. The van der Waals surface area contributed by atoms with E-state index in [-0.39, 0.29) is 17.3 Å². The highest BCUT2D eigenvalue weighted by Crippen LogP contribution is 2.28. The number of nitrogens with zero attached hydrogens (tertiary/aromatic N) is 2. The van der Waals surface area contributed by atoms with Crippen molar-refractivity contribution in [2.45, 2.75) is 71.0 Å². The van der Waals surface area contributed by atoms with Crippen LogP contribution in [0.4, 0.5) is 5.69 Å². The third-order valence-electron chi connectivity index (χ3n) is 6.60. The van der Waals surface area contributed by atoms with Crippen LogP contribution in [0.5, 0.6) is 5.75 Å². The molecule has 0 radical (unpaired) electrons. The van der Waals surface area contributed by atoms with Crippen molar-refractivity contribution in [1.82, 2.24) is 10.2 Å². The molecule has 0 saturated heterocycles. The summed E-state index contributed by atoms with van der Waals surface area (Å²) in [5, 5.41) is 2.99. The molecule has 0 spiro atoms. The molecule has 8 nitrogen and oxygen atoms in total. The molecule has 42 heavy (non-hydrogen) atoms. The minimum Gasteiger partial charge on any atom is -0.494 e. The number of ether oxygens (including phenoxy) is 1. The minimum atomic E-state index is -4.16. The first-order valence-electron chi connectivity index (χ1n) is 13.9. The van der Waals surface area contributed by atoms with Crippen molar-refractivity contribution in [3.8, 4) is 5.75 Å². The Morgan fingerprint density at radius 2 is 1.57 bits per heavy atom. The van der Waals surface area contributed by atoms with Crippen LogP contribution in [0, 0.1) is 6.92 Å². The van der Waals surface area contributed by atoms with E-state index in [9.17, 15) is 18.0 Å². The van der Waals surface area contributed by atoms with Crippen LogP contribution in [0.15, 0.2) is 82.2 Å². The molecule has 1 atom stereocenters. The summed E-state index contributed by atoms with van der Waals surface area (Å²) in [6, 6.07) is 19.7. The summed E-state index contributed by atoms with van der Waals surface area (Å²) in [7, 11) is -4.16. The molecule has 1 unspecified atom stereocenters. The van der Waals surface area contributed by atoms with Crippen LogP contribution in [0.2, 0.25) is 0 Å². The number of halogens is 1. The summed E-state index contributed by atoms with van der Waals surface area (Å²) in [5.74, 6) is -0.210. The van der Waals surface area contributed by atoms with E-state index in [1.54, 1.807) is 36.4 Å². The van der Waals surface area contributed by atoms with Gasteiger partial charge in [-0.1, -0.05) is 47.1 Å². The van der Waals surface area contributed by atoms with Gasteiger partial charge in [-0.05, 0) is 101 Å². The Morgan fingerprint density at radius 1 is 0.952 bits per heavy atom.